The van der Waals surface area contributed by atoms with E-state index in [9.17, 15) is 0 Å². The molecule has 2 aliphatic heterocycles. The Labute approximate surface area is 283 Å². The van der Waals surface area contributed by atoms with E-state index in [0.717, 1.165) is 42.5 Å². The van der Waals surface area contributed by atoms with E-state index in [4.69, 9.17) is 14.5 Å². The van der Waals surface area contributed by atoms with Crippen molar-refractivity contribution in [2.24, 2.45) is 9.98 Å². The van der Waals surface area contributed by atoms with Crippen LogP contribution in [0, 0.1) is 3.57 Å². The first-order valence-corrected chi connectivity index (χ1v) is 17.4. The zero-order valence-electron chi connectivity index (χ0n) is 21.0. The Bertz CT molecular complexity index is 1530. The molecule has 0 fully saturated rings. The van der Waals surface area contributed by atoms with Crippen molar-refractivity contribution < 1.29 is 9.47 Å². The van der Waals surface area contributed by atoms with Crippen molar-refractivity contribution in [1.82, 2.24) is 0 Å². The van der Waals surface area contributed by atoms with Gasteiger partial charge in [-0.25, -0.2) is 9.98 Å². The summed E-state index contributed by atoms with van der Waals surface area (Å²) in [6.45, 7) is 2.12. The maximum absolute atomic E-state index is 6.22. The molecule has 39 heavy (non-hydrogen) atoms. The zero-order chi connectivity index (χ0) is 27.5. The molecule has 0 N–H and O–H groups in total. The summed E-state index contributed by atoms with van der Waals surface area (Å²) in [6, 6.07) is 34.6. The number of fused-ring (bicyclic) bond motifs is 2. The van der Waals surface area contributed by atoms with Crippen molar-refractivity contribution in [2.75, 3.05) is 8.86 Å². The van der Waals surface area contributed by atoms with Crippen LogP contribution >= 0.6 is 90.4 Å². The lowest BCUT2D eigenvalue weighted by molar-refractivity contribution is 0.0999. The van der Waals surface area contributed by atoms with Crippen LogP contribution in [0.2, 0.25) is 0 Å². The Kier molecular flexibility index (Phi) is 9.54. The lowest BCUT2D eigenvalue weighted by atomic mass is 9.94. The molecule has 198 valence electrons. The number of hydrogen-bond acceptors (Lipinski definition) is 4. The third kappa shape index (κ3) is 6.48. The Balaban J connectivity index is 0.000000158. The normalized spacial score (nSPS) is 21.1. The van der Waals surface area contributed by atoms with Crippen LogP contribution in [0.1, 0.15) is 29.2 Å². The van der Waals surface area contributed by atoms with Gasteiger partial charge in [0.2, 0.25) is 11.8 Å². The predicted molar refractivity (Wildman–Crippen MR) is 194 cm³/mol. The first-order chi connectivity index (χ1) is 18.8. The van der Waals surface area contributed by atoms with Gasteiger partial charge in [0.1, 0.15) is 11.4 Å². The molecule has 8 heteroatoms. The van der Waals surface area contributed by atoms with Gasteiger partial charge in [-0.1, -0.05) is 99.8 Å². The van der Waals surface area contributed by atoms with Gasteiger partial charge in [0, 0.05) is 34.7 Å². The lowest BCUT2D eigenvalue weighted by Gasteiger charge is -2.34. The fourth-order valence-corrected chi connectivity index (χ4v) is 6.43. The monoisotopic (exact) mass is 964 g/mol. The number of hydrogen-bond donors (Lipinski definition) is 0. The van der Waals surface area contributed by atoms with Crippen molar-refractivity contribution >= 4 is 108 Å². The number of halogens is 4. The number of benzene rings is 4. The summed E-state index contributed by atoms with van der Waals surface area (Å²) in [7, 11) is 0. The molecular weight excluding hydrogens is 940 g/mol. The number of aliphatic imine (C=N–C) groups is 2. The zero-order valence-corrected chi connectivity index (χ0v) is 29.6. The highest BCUT2D eigenvalue weighted by Gasteiger charge is 2.36. The van der Waals surface area contributed by atoms with Crippen LogP contribution in [0.3, 0.4) is 0 Å². The Hall–Kier alpha value is -1.26. The van der Waals surface area contributed by atoms with Crippen molar-refractivity contribution in [2.45, 2.75) is 16.1 Å². The summed E-state index contributed by atoms with van der Waals surface area (Å²) in [5.41, 5.74) is 5.02. The minimum atomic E-state index is -0.322. The van der Waals surface area contributed by atoms with Gasteiger partial charge in [-0.3, -0.25) is 0 Å². The van der Waals surface area contributed by atoms with Gasteiger partial charge >= 0.3 is 0 Å². The highest BCUT2D eigenvalue weighted by Crippen LogP contribution is 2.44. The van der Waals surface area contributed by atoms with E-state index in [-0.39, 0.29) is 9.15 Å². The van der Waals surface area contributed by atoms with Crippen LogP contribution in [0.15, 0.2) is 113 Å². The molecule has 4 aromatic carbocycles. The van der Waals surface area contributed by atoms with E-state index >= 15 is 0 Å². The largest absolute Gasteiger partial charge is 0.465 e. The van der Waals surface area contributed by atoms with Crippen molar-refractivity contribution in [3.63, 3.8) is 0 Å². The van der Waals surface area contributed by atoms with E-state index in [1.807, 2.05) is 60.7 Å². The minimum absolute atomic E-state index is 0.252. The first-order valence-electron chi connectivity index (χ1n) is 12.2. The molecule has 0 saturated heterocycles. The molecular formula is C31H24I4N2O2. The third-order valence-corrected chi connectivity index (χ3v) is 12.3. The molecule has 2 aliphatic rings. The van der Waals surface area contributed by atoms with Gasteiger partial charge in [0.25, 0.3) is 0 Å². The van der Waals surface area contributed by atoms with Gasteiger partial charge in [0.15, 0.2) is 3.55 Å². The van der Waals surface area contributed by atoms with Crippen molar-refractivity contribution in [3.8, 4) is 5.75 Å². The van der Waals surface area contributed by atoms with E-state index in [0.29, 0.717) is 11.8 Å². The maximum Gasteiger partial charge on any atom is 0.223 e. The average Bonchev–Trinajstić information content (AvgIpc) is 2.98. The SMILES string of the molecule is CC1(CI)OC(c2ccc(I)cc2)=Nc2ccccc21.ICC1(I)N=C(c2ccccc2)Oc2ccccc21. The Morgan fingerprint density at radius 3 is 2.00 bits per heavy atom. The molecule has 6 rings (SSSR count). The standard InChI is InChI=1S/C16H13I2NO.C15H11I2NO/c1-16(10-17)13-4-2-3-5-14(13)19-15(20-16)11-6-8-12(18)9-7-11;16-10-15(17)12-8-4-5-9-13(12)19-14(18-15)11-6-2-1-3-7-11/h2-9H,10H2,1H3;1-9H,10H2. The summed E-state index contributed by atoms with van der Waals surface area (Å²) in [5.74, 6) is 2.31. The third-order valence-electron chi connectivity index (χ3n) is 6.35. The smallest absolute Gasteiger partial charge is 0.223 e. The fraction of sp³-hybridized carbons (Fsp3) is 0.161. The summed E-state index contributed by atoms with van der Waals surface area (Å²) < 4.78 is 14.9. The highest BCUT2D eigenvalue weighted by atomic mass is 127. The number of alkyl halides is 3. The van der Waals surface area contributed by atoms with Crippen LogP contribution in [0.25, 0.3) is 0 Å². The highest BCUT2D eigenvalue weighted by molar-refractivity contribution is 14.1. The maximum atomic E-state index is 6.22. The quantitative estimate of drug-likeness (QED) is 0.116. The van der Waals surface area contributed by atoms with Crippen LogP contribution in [0.5, 0.6) is 5.75 Å². The van der Waals surface area contributed by atoms with E-state index < -0.39 is 0 Å². The number of ether oxygens (including phenoxy) is 2. The predicted octanol–water partition coefficient (Wildman–Crippen LogP) is 9.60. The molecule has 0 radical (unpaired) electrons. The lowest BCUT2D eigenvalue weighted by Crippen LogP contribution is -2.33. The van der Waals surface area contributed by atoms with Crippen LogP contribution < -0.4 is 4.74 Å². The van der Waals surface area contributed by atoms with Gasteiger partial charge in [-0.05, 0) is 101 Å². The molecule has 0 amide bonds. The average molecular weight is 964 g/mol. The van der Waals surface area contributed by atoms with Gasteiger partial charge < -0.3 is 9.47 Å². The summed E-state index contributed by atoms with van der Waals surface area (Å²) in [4.78, 5) is 9.49. The Morgan fingerprint density at radius 1 is 0.692 bits per heavy atom. The Morgan fingerprint density at radius 2 is 1.31 bits per heavy atom. The van der Waals surface area contributed by atoms with Gasteiger partial charge in [0.05, 0.1) is 5.69 Å². The van der Waals surface area contributed by atoms with E-state index in [2.05, 4.69) is 145 Å². The van der Waals surface area contributed by atoms with Crippen LogP contribution in [0.4, 0.5) is 5.69 Å². The number of para-hydroxylation sites is 2. The topological polar surface area (TPSA) is 43.2 Å². The molecule has 0 saturated carbocycles. The van der Waals surface area contributed by atoms with Crippen molar-refractivity contribution in [3.05, 3.63) is 129 Å². The van der Waals surface area contributed by atoms with Gasteiger partial charge in [-0.15, -0.1) is 0 Å². The first kappa shape index (κ1) is 29.2. The molecule has 2 atom stereocenters. The number of nitrogens with zero attached hydrogens (tertiary/aromatic N) is 2. The molecule has 0 aliphatic carbocycles. The molecule has 4 aromatic rings. The van der Waals surface area contributed by atoms with Gasteiger partial charge in [-0.2, -0.15) is 0 Å². The second-order valence-corrected chi connectivity index (χ2v) is 13.7. The summed E-state index contributed by atoms with van der Waals surface area (Å²) in [5, 5.41) is 0. The minimum Gasteiger partial charge on any atom is -0.465 e. The molecule has 0 aromatic heterocycles. The van der Waals surface area contributed by atoms with E-state index in [1.54, 1.807) is 0 Å². The van der Waals surface area contributed by atoms with Crippen LogP contribution in [-0.4, -0.2) is 20.7 Å². The second kappa shape index (κ2) is 12.7. The van der Waals surface area contributed by atoms with Crippen molar-refractivity contribution in [1.29, 1.82) is 0 Å². The second-order valence-electron chi connectivity index (χ2n) is 9.18. The molecule has 0 bridgehead atoms. The molecule has 2 heterocycles. The molecule has 4 nitrogen and oxygen atoms in total. The summed E-state index contributed by atoms with van der Waals surface area (Å²) in [6.07, 6.45) is 0. The molecule has 2 unspecified atom stereocenters. The molecule has 0 spiro atoms. The summed E-state index contributed by atoms with van der Waals surface area (Å²) >= 11 is 9.47. The van der Waals surface area contributed by atoms with Crippen LogP contribution in [-0.2, 0) is 13.9 Å². The van der Waals surface area contributed by atoms with E-state index in [1.165, 1.54) is 3.57 Å². The fourth-order valence-electron chi connectivity index (χ4n) is 4.26. The number of rotatable bonds is 4.